The molecule has 0 saturated carbocycles. The van der Waals surface area contributed by atoms with Crippen molar-refractivity contribution in [1.29, 1.82) is 0 Å². The average Bonchev–Trinajstić information content (AvgIpc) is 3.76. The van der Waals surface area contributed by atoms with Crippen molar-refractivity contribution in [1.82, 2.24) is 14.5 Å². The van der Waals surface area contributed by atoms with Crippen LogP contribution in [0.25, 0.3) is 11.3 Å². The van der Waals surface area contributed by atoms with Gasteiger partial charge in [0.05, 0.1) is 30.3 Å². The zero-order valence-corrected chi connectivity index (χ0v) is 35.1. The van der Waals surface area contributed by atoms with Crippen molar-refractivity contribution in [3.8, 4) is 11.3 Å². The Kier molecular flexibility index (Phi) is 13.9. The summed E-state index contributed by atoms with van der Waals surface area (Å²) in [5, 5.41) is 11.1. The van der Waals surface area contributed by atoms with Crippen LogP contribution in [0.1, 0.15) is 108 Å². The first kappa shape index (κ1) is 43.5. The molecule has 3 aliphatic heterocycles. The van der Waals surface area contributed by atoms with E-state index in [0.717, 1.165) is 17.7 Å². The second-order valence-corrected chi connectivity index (χ2v) is 17.5. The number of aryl methyl sites for hydroxylation is 1. The zero-order valence-electron chi connectivity index (χ0n) is 35.1. The Hall–Kier alpha value is -3.61. The number of unbranched alkanes of at least 4 members (excludes halogenated alkanes) is 1. The number of aliphatic hydroxyl groups excluding tert-OH is 1. The molecule has 1 aromatic heterocycles. The second-order valence-electron chi connectivity index (χ2n) is 17.5. The van der Waals surface area contributed by atoms with Gasteiger partial charge in [-0.25, -0.2) is 9.78 Å². The van der Waals surface area contributed by atoms with E-state index in [1.807, 2.05) is 103 Å². The lowest BCUT2D eigenvalue weighted by Gasteiger charge is -2.46. The summed E-state index contributed by atoms with van der Waals surface area (Å²) in [5.41, 5.74) is -0.171. The van der Waals surface area contributed by atoms with Crippen molar-refractivity contribution in [3.05, 3.63) is 42.9 Å². The fraction of sp³-hybridized carbons (Fsp3) is 0.705. The van der Waals surface area contributed by atoms with Crippen LogP contribution in [-0.4, -0.2) is 92.1 Å². The molecule has 310 valence electrons. The first-order chi connectivity index (χ1) is 26.4. The third kappa shape index (κ3) is 8.92. The number of ketones is 2. The summed E-state index contributed by atoms with van der Waals surface area (Å²) in [7, 11) is 0. The molecule has 12 nitrogen and oxygen atoms in total. The molecule has 1 aromatic carbocycles. The van der Waals surface area contributed by atoms with E-state index in [9.17, 15) is 24.3 Å². The maximum Gasteiger partial charge on any atom is 0.410 e. The lowest BCUT2D eigenvalue weighted by Crippen LogP contribution is -2.59. The second kappa shape index (κ2) is 17.9. The molecule has 1 amide bonds. The zero-order chi connectivity index (χ0) is 41.1. The standard InChI is InChI=1S/C44H65N3O9/c1-11-34-44(12-2)38(47(42(52)56-44)21-17-16-20-46-24-33(45-25-46)32-18-14-13-15-19-32)29(6)35(48)27(4)23-43(9,10)39(30(7)37(50)31(8)40(51)54-34)55-41-36(49)26(3)22-28(5)53-41/h13-15,18-19,24-31,34,36,38-39,41,49H,11-12,16-17,20-23H2,1-10H3/t26-,27+,28+,29-,30-,31+,34+,36+,38+,39+,41?,44+/m0/s1. The quantitative estimate of drug-likeness (QED) is 0.149. The topological polar surface area (TPSA) is 146 Å². The number of carbonyl (C=O) groups excluding carboxylic acids is 4. The van der Waals surface area contributed by atoms with E-state index in [0.29, 0.717) is 45.2 Å². The van der Waals surface area contributed by atoms with Crippen LogP contribution in [0.4, 0.5) is 4.79 Å². The fourth-order valence-electron chi connectivity index (χ4n) is 9.74. The number of hydrogen-bond donors (Lipinski definition) is 1. The molecule has 12 heteroatoms. The minimum Gasteiger partial charge on any atom is -0.457 e. The number of imidazole rings is 1. The third-order valence-corrected chi connectivity index (χ3v) is 12.7. The fourth-order valence-corrected chi connectivity index (χ4v) is 9.74. The number of nitrogens with zero attached hydrogens (tertiary/aromatic N) is 3. The van der Waals surface area contributed by atoms with Crippen molar-refractivity contribution in [2.24, 2.45) is 35.0 Å². The van der Waals surface area contributed by atoms with Crippen LogP contribution in [-0.2, 0) is 39.9 Å². The van der Waals surface area contributed by atoms with Crippen molar-refractivity contribution in [2.75, 3.05) is 6.54 Å². The number of aromatic nitrogens is 2. The van der Waals surface area contributed by atoms with Crippen LogP contribution in [0.2, 0.25) is 0 Å². The summed E-state index contributed by atoms with van der Waals surface area (Å²) in [5.74, 6) is -4.38. The highest BCUT2D eigenvalue weighted by Crippen LogP contribution is 2.45. The summed E-state index contributed by atoms with van der Waals surface area (Å²) in [4.78, 5) is 63.1. The highest BCUT2D eigenvalue weighted by Gasteiger charge is 2.61. The number of carbonyl (C=O) groups is 4. The van der Waals surface area contributed by atoms with Gasteiger partial charge in [-0.1, -0.05) is 85.7 Å². The molecule has 3 fully saturated rings. The molecule has 4 heterocycles. The molecule has 1 N–H and O–H groups in total. The van der Waals surface area contributed by atoms with Crippen LogP contribution in [0.3, 0.4) is 0 Å². The number of esters is 1. The predicted octanol–water partition coefficient (Wildman–Crippen LogP) is 7.25. The molecule has 3 saturated heterocycles. The monoisotopic (exact) mass is 779 g/mol. The van der Waals surface area contributed by atoms with Crippen molar-refractivity contribution in [3.63, 3.8) is 0 Å². The molecule has 0 spiro atoms. The van der Waals surface area contributed by atoms with E-state index < -0.39 is 77.4 Å². The summed E-state index contributed by atoms with van der Waals surface area (Å²) in [6.07, 6.45) is 2.51. The molecule has 2 aromatic rings. The van der Waals surface area contributed by atoms with E-state index >= 15 is 0 Å². The summed E-state index contributed by atoms with van der Waals surface area (Å²) in [6, 6.07) is 9.25. The van der Waals surface area contributed by atoms with Crippen molar-refractivity contribution < 1.29 is 43.2 Å². The van der Waals surface area contributed by atoms with Crippen LogP contribution in [0.5, 0.6) is 0 Å². The van der Waals surface area contributed by atoms with Crippen molar-refractivity contribution in [2.45, 2.75) is 157 Å². The number of aliphatic hydroxyl groups is 1. The Bertz CT molecular complexity index is 1680. The number of Topliss-reactive ketones (excluding diaryl/α,β-unsaturated/α-hetero) is 2. The van der Waals surface area contributed by atoms with Gasteiger partial charge in [-0.05, 0) is 63.7 Å². The van der Waals surface area contributed by atoms with Gasteiger partial charge in [-0.15, -0.1) is 0 Å². The molecule has 56 heavy (non-hydrogen) atoms. The molecule has 1 unspecified atom stereocenters. The number of rotatable bonds is 10. The van der Waals surface area contributed by atoms with Crippen LogP contribution >= 0.6 is 0 Å². The Morgan fingerprint density at radius 1 is 0.929 bits per heavy atom. The Balaban J connectivity index is 1.43. The van der Waals surface area contributed by atoms with Gasteiger partial charge in [0.15, 0.2) is 17.7 Å². The minimum absolute atomic E-state index is 0.0587. The van der Waals surface area contributed by atoms with E-state index in [4.69, 9.17) is 18.9 Å². The van der Waals surface area contributed by atoms with Gasteiger partial charge in [-0.2, -0.15) is 0 Å². The van der Waals surface area contributed by atoms with E-state index in [1.165, 1.54) is 0 Å². The number of fused-ring (bicyclic) bond motifs is 1. The summed E-state index contributed by atoms with van der Waals surface area (Å²) in [6.45, 7) is 19.6. The van der Waals surface area contributed by atoms with Gasteiger partial charge >= 0.3 is 12.1 Å². The first-order valence-corrected chi connectivity index (χ1v) is 20.8. The van der Waals surface area contributed by atoms with Crippen LogP contribution in [0, 0.1) is 35.0 Å². The maximum atomic E-state index is 14.7. The van der Waals surface area contributed by atoms with E-state index in [-0.39, 0.29) is 23.6 Å². The normalized spacial score (nSPS) is 35.8. The molecule has 3 aliphatic rings. The molecule has 12 atom stereocenters. The third-order valence-electron chi connectivity index (χ3n) is 12.7. The van der Waals surface area contributed by atoms with E-state index in [2.05, 4.69) is 4.98 Å². The summed E-state index contributed by atoms with van der Waals surface area (Å²) >= 11 is 0. The number of amides is 1. The highest BCUT2D eigenvalue weighted by molar-refractivity contribution is 6.00. The number of hydrogen-bond acceptors (Lipinski definition) is 10. The maximum absolute atomic E-state index is 14.7. The van der Waals surface area contributed by atoms with Gasteiger partial charge in [-0.3, -0.25) is 14.4 Å². The SMILES string of the molecule is CC[C@H]1OC(=O)[C@H](C)C(=O)[C@H](C)[C@@H](OC2O[C@H](C)C[C@H](C)[C@H]2O)C(C)(C)C[C@@H](C)C(=O)[C@H](C)[C@H]2N(CCCCn3cnc(-c4ccccc4)c3)C(=O)O[C@]12CC. The van der Waals surface area contributed by atoms with Gasteiger partial charge in [0.2, 0.25) is 0 Å². The lowest BCUT2D eigenvalue weighted by atomic mass is 9.68. The van der Waals surface area contributed by atoms with Gasteiger partial charge in [0.1, 0.15) is 23.9 Å². The van der Waals surface area contributed by atoms with Crippen LogP contribution < -0.4 is 0 Å². The molecule has 5 rings (SSSR count). The van der Waals surface area contributed by atoms with Gasteiger partial charge < -0.3 is 33.5 Å². The lowest BCUT2D eigenvalue weighted by molar-refractivity contribution is -0.284. The minimum atomic E-state index is -1.31. The van der Waals surface area contributed by atoms with E-state index in [1.54, 1.807) is 18.7 Å². The average molecular weight is 780 g/mol. The Labute approximate surface area is 333 Å². The molecular formula is C44H65N3O9. The number of benzene rings is 1. The highest BCUT2D eigenvalue weighted by atomic mass is 16.7. The smallest absolute Gasteiger partial charge is 0.410 e. The number of ether oxygens (including phenoxy) is 4. The van der Waals surface area contributed by atoms with Gasteiger partial charge in [0.25, 0.3) is 0 Å². The molecule has 0 aliphatic carbocycles. The largest absolute Gasteiger partial charge is 0.457 e. The molecule has 0 radical (unpaired) electrons. The molecule has 0 bridgehead atoms. The predicted molar refractivity (Wildman–Crippen MR) is 211 cm³/mol. The Morgan fingerprint density at radius 3 is 2.27 bits per heavy atom. The summed E-state index contributed by atoms with van der Waals surface area (Å²) < 4.78 is 27.2. The van der Waals surface area contributed by atoms with Crippen molar-refractivity contribution >= 4 is 23.6 Å². The number of cyclic esters (lactones) is 1. The van der Waals surface area contributed by atoms with Crippen LogP contribution in [0.15, 0.2) is 42.9 Å². The first-order valence-electron chi connectivity index (χ1n) is 20.8. The van der Waals surface area contributed by atoms with Gasteiger partial charge in [0, 0.05) is 42.6 Å². The Morgan fingerprint density at radius 2 is 1.61 bits per heavy atom. The molecular weight excluding hydrogens is 714 g/mol.